The molecule has 1 fully saturated rings. The van der Waals surface area contributed by atoms with Gasteiger partial charge in [-0.1, -0.05) is 32.9 Å². The van der Waals surface area contributed by atoms with E-state index in [9.17, 15) is 13.2 Å². The van der Waals surface area contributed by atoms with E-state index in [0.717, 1.165) is 12.0 Å². The highest BCUT2D eigenvalue weighted by molar-refractivity contribution is 5.33. The maximum atomic E-state index is 13.5. The zero-order chi connectivity index (χ0) is 18.7. The maximum absolute atomic E-state index is 13.5. The predicted octanol–water partition coefficient (Wildman–Crippen LogP) is 5.18. The standard InChI is InChI=1S/C20H27F3N2/c1-15-8-10-25(14-15)18(20(21,22)23)7-9-19(2,3)12-16-5-4-6-17(11-16)13-24/h4-6,11,15,18H,7-10,12,14H2,1-3H3/t15-,18?/m1/s1. The lowest BCUT2D eigenvalue weighted by molar-refractivity contribution is -0.184. The highest BCUT2D eigenvalue weighted by Crippen LogP contribution is 2.36. The minimum Gasteiger partial charge on any atom is -0.292 e. The highest BCUT2D eigenvalue weighted by Gasteiger charge is 2.45. The largest absolute Gasteiger partial charge is 0.404 e. The lowest BCUT2D eigenvalue weighted by Crippen LogP contribution is -2.45. The zero-order valence-corrected chi connectivity index (χ0v) is 15.2. The molecule has 2 rings (SSSR count). The Balaban J connectivity index is 2.01. The molecular formula is C20H27F3N2. The van der Waals surface area contributed by atoms with Crippen molar-refractivity contribution in [3.63, 3.8) is 0 Å². The Kier molecular flexibility index (Phi) is 6.16. The minimum atomic E-state index is -4.18. The molecule has 0 bridgehead atoms. The second-order valence-electron chi connectivity index (χ2n) is 8.14. The van der Waals surface area contributed by atoms with Gasteiger partial charge in [0.25, 0.3) is 0 Å². The molecule has 0 aromatic heterocycles. The molecule has 1 aromatic rings. The normalized spacial score (nSPS) is 20.4. The van der Waals surface area contributed by atoms with Gasteiger partial charge in [0.05, 0.1) is 11.6 Å². The topological polar surface area (TPSA) is 27.0 Å². The summed E-state index contributed by atoms with van der Waals surface area (Å²) in [7, 11) is 0. The summed E-state index contributed by atoms with van der Waals surface area (Å²) in [6.45, 7) is 7.10. The molecule has 1 heterocycles. The Morgan fingerprint density at radius 2 is 2.04 bits per heavy atom. The van der Waals surface area contributed by atoms with Crippen LogP contribution in [0, 0.1) is 22.7 Å². The second-order valence-corrected chi connectivity index (χ2v) is 8.14. The molecule has 25 heavy (non-hydrogen) atoms. The second kappa shape index (κ2) is 7.78. The quantitative estimate of drug-likeness (QED) is 0.705. The Morgan fingerprint density at radius 1 is 1.32 bits per heavy atom. The molecule has 0 saturated carbocycles. The predicted molar refractivity (Wildman–Crippen MR) is 93.1 cm³/mol. The fourth-order valence-electron chi connectivity index (χ4n) is 3.72. The molecule has 1 aromatic carbocycles. The SMILES string of the molecule is C[C@@H]1CCN(C(CCC(C)(C)Cc2cccc(C#N)c2)C(F)(F)F)C1. The molecule has 1 saturated heterocycles. The van der Waals surface area contributed by atoms with Crippen LogP contribution in [-0.2, 0) is 6.42 Å². The third-order valence-electron chi connectivity index (χ3n) is 5.11. The number of likely N-dealkylation sites (tertiary alicyclic amines) is 1. The van der Waals surface area contributed by atoms with Gasteiger partial charge in [-0.25, -0.2) is 0 Å². The summed E-state index contributed by atoms with van der Waals surface area (Å²) >= 11 is 0. The number of hydrogen-bond acceptors (Lipinski definition) is 2. The minimum absolute atomic E-state index is 0.126. The van der Waals surface area contributed by atoms with E-state index in [-0.39, 0.29) is 11.8 Å². The fourth-order valence-corrected chi connectivity index (χ4v) is 3.72. The number of nitrogens with zero attached hydrogens (tertiary/aromatic N) is 2. The summed E-state index contributed by atoms with van der Waals surface area (Å²) in [6.07, 6.45) is -2.04. The average molecular weight is 352 g/mol. The van der Waals surface area contributed by atoms with E-state index in [1.165, 1.54) is 0 Å². The van der Waals surface area contributed by atoms with Gasteiger partial charge in [0, 0.05) is 6.54 Å². The van der Waals surface area contributed by atoms with Crippen molar-refractivity contribution in [3.8, 4) is 6.07 Å². The Labute approximate surface area is 148 Å². The van der Waals surface area contributed by atoms with Gasteiger partial charge in [-0.3, -0.25) is 4.90 Å². The molecule has 0 N–H and O–H groups in total. The van der Waals surface area contributed by atoms with Crippen LogP contribution in [0.2, 0.25) is 0 Å². The Bertz CT molecular complexity index is 616. The monoisotopic (exact) mass is 352 g/mol. The van der Waals surface area contributed by atoms with Gasteiger partial charge in [0.15, 0.2) is 0 Å². The Morgan fingerprint density at radius 3 is 2.60 bits per heavy atom. The van der Waals surface area contributed by atoms with Gasteiger partial charge in [-0.15, -0.1) is 0 Å². The molecule has 5 heteroatoms. The van der Waals surface area contributed by atoms with E-state index in [1.54, 1.807) is 11.0 Å². The van der Waals surface area contributed by atoms with Crippen LogP contribution < -0.4 is 0 Å². The highest BCUT2D eigenvalue weighted by atomic mass is 19.4. The summed E-state index contributed by atoms with van der Waals surface area (Å²) in [5.74, 6) is 0.339. The first-order chi connectivity index (χ1) is 11.6. The van der Waals surface area contributed by atoms with Crippen LogP contribution in [0.15, 0.2) is 24.3 Å². The molecule has 2 nitrogen and oxygen atoms in total. The van der Waals surface area contributed by atoms with E-state index >= 15 is 0 Å². The van der Waals surface area contributed by atoms with E-state index in [4.69, 9.17) is 5.26 Å². The van der Waals surface area contributed by atoms with Crippen LogP contribution in [0.1, 0.15) is 51.2 Å². The number of hydrogen-bond donors (Lipinski definition) is 0. The smallest absolute Gasteiger partial charge is 0.292 e. The number of halogens is 3. The third-order valence-corrected chi connectivity index (χ3v) is 5.11. The van der Waals surface area contributed by atoms with Crippen molar-refractivity contribution in [1.29, 1.82) is 5.26 Å². The Hall–Kier alpha value is -1.54. The number of benzene rings is 1. The van der Waals surface area contributed by atoms with Crippen molar-refractivity contribution in [2.45, 2.75) is 58.7 Å². The molecule has 1 unspecified atom stereocenters. The van der Waals surface area contributed by atoms with Gasteiger partial charge in [-0.05, 0) is 61.3 Å². The van der Waals surface area contributed by atoms with E-state index in [2.05, 4.69) is 6.07 Å². The third kappa shape index (κ3) is 5.74. The van der Waals surface area contributed by atoms with Crippen LogP contribution in [0.3, 0.4) is 0 Å². The van der Waals surface area contributed by atoms with Crippen LogP contribution in [0.25, 0.3) is 0 Å². The van der Waals surface area contributed by atoms with Crippen molar-refractivity contribution < 1.29 is 13.2 Å². The van der Waals surface area contributed by atoms with Gasteiger partial charge in [0.1, 0.15) is 6.04 Å². The summed E-state index contributed by atoms with van der Waals surface area (Å²) in [5.41, 5.74) is 1.35. The molecule has 0 spiro atoms. The van der Waals surface area contributed by atoms with Gasteiger partial charge in [-0.2, -0.15) is 18.4 Å². The van der Waals surface area contributed by atoms with Crippen molar-refractivity contribution in [2.75, 3.05) is 13.1 Å². The summed E-state index contributed by atoms with van der Waals surface area (Å²) in [5, 5.41) is 8.99. The maximum Gasteiger partial charge on any atom is 0.404 e. The van der Waals surface area contributed by atoms with Crippen LogP contribution in [0.4, 0.5) is 13.2 Å². The lowest BCUT2D eigenvalue weighted by atomic mass is 9.80. The summed E-state index contributed by atoms with van der Waals surface area (Å²) < 4.78 is 40.6. The first-order valence-corrected chi connectivity index (χ1v) is 8.90. The molecular weight excluding hydrogens is 325 g/mol. The van der Waals surface area contributed by atoms with Crippen LogP contribution in [0.5, 0.6) is 0 Å². The van der Waals surface area contributed by atoms with E-state index in [1.807, 2.05) is 39.0 Å². The molecule has 1 aliphatic rings. The molecule has 0 amide bonds. The summed E-state index contributed by atoms with van der Waals surface area (Å²) in [4.78, 5) is 1.61. The van der Waals surface area contributed by atoms with Gasteiger partial charge in [0.2, 0.25) is 0 Å². The van der Waals surface area contributed by atoms with Gasteiger partial charge < -0.3 is 0 Å². The van der Waals surface area contributed by atoms with Crippen LogP contribution in [-0.4, -0.2) is 30.2 Å². The molecule has 1 aliphatic heterocycles. The molecule has 138 valence electrons. The summed E-state index contributed by atoms with van der Waals surface area (Å²) in [6, 6.07) is 8.09. The van der Waals surface area contributed by atoms with Crippen molar-refractivity contribution in [2.24, 2.45) is 11.3 Å². The zero-order valence-electron chi connectivity index (χ0n) is 15.2. The van der Waals surface area contributed by atoms with Gasteiger partial charge >= 0.3 is 6.18 Å². The molecule has 2 atom stereocenters. The molecule has 0 aliphatic carbocycles. The first kappa shape index (κ1) is 19.8. The first-order valence-electron chi connectivity index (χ1n) is 8.90. The van der Waals surface area contributed by atoms with Crippen molar-refractivity contribution >= 4 is 0 Å². The van der Waals surface area contributed by atoms with Crippen molar-refractivity contribution in [1.82, 2.24) is 4.90 Å². The fraction of sp³-hybridized carbons (Fsp3) is 0.650. The lowest BCUT2D eigenvalue weighted by Gasteiger charge is -2.33. The average Bonchev–Trinajstić information content (AvgIpc) is 2.91. The van der Waals surface area contributed by atoms with Crippen LogP contribution >= 0.6 is 0 Å². The number of nitriles is 1. The number of rotatable bonds is 6. The molecule has 0 radical (unpaired) electrons. The van der Waals surface area contributed by atoms with E-state index < -0.39 is 12.2 Å². The van der Waals surface area contributed by atoms with Crippen molar-refractivity contribution in [3.05, 3.63) is 35.4 Å². The number of alkyl halides is 3. The van der Waals surface area contributed by atoms with E-state index in [0.29, 0.717) is 37.4 Å².